The van der Waals surface area contributed by atoms with Crippen molar-refractivity contribution in [1.82, 2.24) is 4.90 Å². The van der Waals surface area contributed by atoms with Crippen LogP contribution in [-0.4, -0.2) is 43.5 Å². The van der Waals surface area contributed by atoms with Gasteiger partial charge >= 0.3 is 0 Å². The number of nitrogens with two attached hydrogens (primary N) is 1. The summed E-state index contributed by atoms with van der Waals surface area (Å²) in [6, 6.07) is 0. The molecular weight excluding hydrogens is 143 g/mol. The van der Waals surface area contributed by atoms with Gasteiger partial charge in [0.1, 0.15) is 0 Å². The van der Waals surface area contributed by atoms with Crippen molar-refractivity contribution >= 4 is 19.6 Å². The minimum Gasteiger partial charge on any atom is -0.328 e. The van der Waals surface area contributed by atoms with Gasteiger partial charge in [-0.15, -0.1) is 11.8 Å². The highest BCUT2D eigenvalue weighted by Crippen LogP contribution is 2.21. The van der Waals surface area contributed by atoms with Crippen LogP contribution in [0.1, 0.15) is 0 Å². The van der Waals surface area contributed by atoms with Gasteiger partial charge in [-0.3, -0.25) is 4.90 Å². The maximum Gasteiger partial charge on any atom is 0.0681 e. The van der Waals surface area contributed by atoms with Gasteiger partial charge in [-0.05, 0) is 6.54 Å². The van der Waals surface area contributed by atoms with E-state index in [0.717, 1.165) is 26.0 Å². The largest absolute Gasteiger partial charge is 0.328 e. The van der Waals surface area contributed by atoms with E-state index in [1.165, 1.54) is 5.75 Å². The van der Waals surface area contributed by atoms with Crippen LogP contribution >= 0.6 is 11.8 Å². The topological polar surface area (TPSA) is 29.3 Å². The second-order valence-electron chi connectivity index (χ2n) is 2.39. The molecule has 0 amide bonds. The molecule has 56 valence electrons. The Kier molecular flexibility index (Phi) is 3.59. The molecule has 0 aromatic heterocycles. The Labute approximate surface area is 67.9 Å². The molecule has 1 heterocycles. The predicted molar refractivity (Wildman–Crippen MR) is 47.4 cm³/mol. The van der Waals surface area contributed by atoms with E-state index in [9.17, 15) is 0 Å². The van der Waals surface area contributed by atoms with E-state index in [2.05, 4.69) is 4.90 Å². The van der Waals surface area contributed by atoms with Gasteiger partial charge in [0.2, 0.25) is 0 Å². The summed E-state index contributed by atoms with van der Waals surface area (Å²) in [4.78, 5) is 2.35. The third kappa shape index (κ3) is 1.91. The van der Waals surface area contributed by atoms with Crippen molar-refractivity contribution in [2.45, 2.75) is 11.7 Å². The van der Waals surface area contributed by atoms with Crippen LogP contribution in [0.15, 0.2) is 0 Å². The van der Waals surface area contributed by atoms with E-state index in [4.69, 9.17) is 13.6 Å². The van der Waals surface area contributed by atoms with Crippen LogP contribution in [0.4, 0.5) is 0 Å². The van der Waals surface area contributed by atoms with Gasteiger partial charge in [0.25, 0.3) is 0 Å². The first kappa shape index (κ1) is 8.43. The molecule has 1 unspecified atom stereocenters. The van der Waals surface area contributed by atoms with E-state index in [1.54, 1.807) is 0 Å². The molecule has 1 aliphatic heterocycles. The summed E-state index contributed by atoms with van der Waals surface area (Å²) in [6.45, 7) is 2.91. The molecule has 1 fully saturated rings. The van der Waals surface area contributed by atoms with Crippen molar-refractivity contribution in [3.8, 4) is 0 Å². The standard InChI is InChI=1S/C6H13BN2S/c7-1-2-9-3-4-10-6(9)5-8/h6H,1-5,8H2. The van der Waals surface area contributed by atoms with Crippen LogP contribution in [-0.2, 0) is 0 Å². The van der Waals surface area contributed by atoms with Gasteiger partial charge in [0, 0.05) is 18.8 Å². The molecule has 0 aromatic carbocycles. The fourth-order valence-corrected chi connectivity index (χ4v) is 2.36. The monoisotopic (exact) mass is 156 g/mol. The van der Waals surface area contributed by atoms with Gasteiger partial charge < -0.3 is 5.73 Å². The maximum absolute atomic E-state index is 5.55. The van der Waals surface area contributed by atoms with Crippen LogP contribution in [0.25, 0.3) is 0 Å². The Morgan fingerprint density at radius 3 is 3.10 bits per heavy atom. The van der Waals surface area contributed by atoms with E-state index in [1.807, 2.05) is 11.8 Å². The van der Waals surface area contributed by atoms with Gasteiger partial charge in [0.05, 0.1) is 13.2 Å². The summed E-state index contributed by atoms with van der Waals surface area (Å²) in [7, 11) is 5.43. The number of thioether (sulfide) groups is 1. The summed E-state index contributed by atoms with van der Waals surface area (Å²) < 4.78 is 0. The van der Waals surface area contributed by atoms with E-state index in [-0.39, 0.29) is 0 Å². The molecule has 1 atom stereocenters. The molecule has 0 spiro atoms. The molecule has 10 heavy (non-hydrogen) atoms. The molecule has 1 aliphatic rings. The number of hydrogen-bond acceptors (Lipinski definition) is 3. The summed E-state index contributed by atoms with van der Waals surface area (Å²) in [5.41, 5.74) is 5.55. The fraction of sp³-hybridized carbons (Fsp3) is 1.00. The first-order valence-corrected chi connectivity index (χ1v) is 4.69. The van der Waals surface area contributed by atoms with Crippen molar-refractivity contribution in [2.24, 2.45) is 5.73 Å². The summed E-state index contributed by atoms with van der Waals surface area (Å²) >= 11 is 1.94. The lowest BCUT2D eigenvalue weighted by Crippen LogP contribution is -2.34. The second kappa shape index (κ2) is 4.26. The lowest BCUT2D eigenvalue weighted by atomic mass is 10.1. The molecule has 2 radical (unpaired) electrons. The Bertz CT molecular complexity index is 102. The van der Waals surface area contributed by atoms with Crippen molar-refractivity contribution in [3.63, 3.8) is 0 Å². The quantitative estimate of drug-likeness (QED) is 0.579. The molecule has 1 saturated heterocycles. The second-order valence-corrected chi connectivity index (χ2v) is 3.67. The van der Waals surface area contributed by atoms with Gasteiger partial charge in [-0.1, -0.05) is 6.32 Å². The predicted octanol–water partition coefficient (Wildman–Crippen LogP) is -0.0932. The number of nitrogens with zero attached hydrogens (tertiary/aromatic N) is 1. The van der Waals surface area contributed by atoms with Gasteiger partial charge in [-0.25, -0.2) is 0 Å². The Balaban J connectivity index is 2.27. The highest BCUT2D eigenvalue weighted by Gasteiger charge is 2.21. The minimum atomic E-state index is 0.531. The number of hydrogen-bond donors (Lipinski definition) is 1. The zero-order chi connectivity index (χ0) is 7.40. The Hall–Kier alpha value is 0.335. The number of rotatable bonds is 3. The maximum atomic E-state index is 5.55. The molecule has 4 heteroatoms. The summed E-state index contributed by atoms with van der Waals surface area (Å²) in [5.74, 6) is 1.21. The van der Waals surface area contributed by atoms with Crippen LogP contribution < -0.4 is 5.73 Å². The van der Waals surface area contributed by atoms with Crippen molar-refractivity contribution < 1.29 is 0 Å². The molecular formula is C6H13BN2S. The smallest absolute Gasteiger partial charge is 0.0681 e. The van der Waals surface area contributed by atoms with Gasteiger partial charge in [-0.2, -0.15) is 0 Å². The fourth-order valence-electron chi connectivity index (χ4n) is 1.19. The Morgan fingerprint density at radius 2 is 2.50 bits per heavy atom. The normalized spacial score (nSPS) is 27.5. The van der Waals surface area contributed by atoms with E-state index < -0.39 is 0 Å². The molecule has 0 aromatic rings. The summed E-state index contributed by atoms with van der Waals surface area (Å²) in [5, 5.41) is 0.531. The van der Waals surface area contributed by atoms with Crippen LogP contribution in [0.2, 0.25) is 6.32 Å². The molecule has 0 aliphatic carbocycles. The summed E-state index contributed by atoms with van der Waals surface area (Å²) in [6.07, 6.45) is 0.747. The average Bonchev–Trinajstić information content (AvgIpc) is 2.36. The third-order valence-corrected chi connectivity index (χ3v) is 3.01. The third-order valence-electron chi connectivity index (χ3n) is 1.71. The molecule has 0 saturated carbocycles. The highest BCUT2D eigenvalue weighted by molar-refractivity contribution is 8.00. The van der Waals surface area contributed by atoms with Crippen molar-refractivity contribution in [2.75, 3.05) is 25.4 Å². The molecule has 2 N–H and O–H groups in total. The first-order valence-electron chi connectivity index (χ1n) is 3.64. The first-order chi connectivity index (χ1) is 4.88. The molecule has 1 rings (SSSR count). The van der Waals surface area contributed by atoms with Crippen molar-refractivity contribution in [3.05, 3.63) is 0 Å². The average molecular weight is 156 g/mol. The van der Waals surface area contributed by atoms with Crippen LogP contribution in [0.3, 0.4) is 0 Å². The van der Waals surface area contributed by atoms with E-state index >= 15 is 0 Å². The van der Waals surface area contributed by atoms with Gasteiger partial charge in [0.15, 0.2) is 0 Å². The SMILES string of the molecule is [B]CCN1CCSC1CN. The zero-order valence-electron chi connectivity index (χ0n) is 6.12. The lowest BCUT2D eigenvalue weighted by molar-refractivity contribution is 0.307. The lowest BCUT2D eigenvalue weighted by Gasteiger charge is -2.20. The van der Waals surface area contributed by atoms with Crippen LogP contribution in [0.5, 0.6) is 0 Å². The van der Waals surface area contributed by atoms with Crippen LogP contribution in [0, 0.1) is 0 Å². The van der Waals surface area contributed by atoms with E-state index in [0.29, 0.717) is 5.37 Å². The zero-order valence-corrected chi connectivity index (χ0v) is 6.94. The van der Waals surface area contributed by atoms with Crippen molar-refractivity contribution in [1.29, 1.82) is 0 Å². The Morgan fingerprint density at radius 1 is 1.70 bits per heavy atom. The molecule has 2 nitrogen and oxygen atoms in total. The minimum absolute atomic E-state index is 0.531. The highest BCUT2D eigenvalue weighted by atomic mass is 32.2. The molecule has 0 bridgehead atoms.